The zero-order valence-electron chi connectivity index (χ0n) is 12.7. The second kappa shape index (κ2) is 4.60. The van der Waals surface area contributed by atoms with Crippen molar-refractivity contribution in [3.63, 3.8) is 0 Å². The molecule has 0 unspecified atom stereocenters. The van der Waals surface area contributed by atoms with E-state index in [-0.39, 0.29) is 5.91 Å². The highest BCUT2D eigenvalue weighted by Crippen LogP contribution is 2.47. The van der Waals surface area contributed by atoms with Gasteiger partial charge in [0, 0.05) is 39.8 Å². The SMILES string of the molecule is Cc1[nH]c2ccccc2c1[C@@]1(O)C(=O)N(C)c2ccc(Cl)cc21. The standard InChI is InChI=1S/C18H15ClN2O2/c1-10-16(12-5-3-4-6-14(12)20-10)18(23)13-9-11(19)7-8-15(13)21(2)17(18)22/h3-9,20,23H,1-2H3/t18-/m1/s1. The molecular formula is C18H15ClN2O2. The number of halogens is 1. The largest absolute Gasteiger partial charge is 0.372 e. The first-order valence-corrected chi connectivity index (χ1v) is 7.70. The van der Waals surface area contributed by atoms with E-state index in [1.54, 1.807) is 25.2 Å². The lowest BCUT2D eigenvalue weighted by Crippen LogP contribution is -2.39. The predicted molar refractivity (Wildman–Crippen MR) is 90.9 cm³/mol. The molecule has 0 fully saturated rings. The molecule has 0 spiro atoms. The monoisotopic (exact) mass is 326 g/mol. The quantitative estimate of drug-likeness (QED) is 0.720. The minimum atomic E-state index is -1.74. The van der Waals surface area contributed by atoms with E-state index in [0.29, 0.717) is 21.8 Å². The number of nitrogens with zero attached hydrogens (tertiary/aromatic N) is 1. The number of fused-ring (bicyclic) bond motifs is 2. The number of carbonyl (C=O) groups excluding carboxylic acids is 1. The van der Waals surface area contributed by atoms with Crippen LogP contribution in [0.4, 0.5) is 5.69 Å². The molecule has 1 aliphatic heterocycles. The Balaban J connectivity index is 2.10. The molecule has 1 amide bonds. The van der Waals surface area contributed by atoms with Gasteiger partial charge in [0.15, 0.2) is 5.60 Å². The smallest absolute Gasteiger partial charge is 0.268 e. The molecule has 0 aliphatic carbocycles. The van der Waals surface area contributed by atoms with Gasteiger partial charge < -0.3 is 15.0 Å². The van der Waals surface area contributed by atoms with E-state index in [4.69, 9.17) is 11.6 Å². The molecule has 1 aliphatic rings. The van der Waals surface area contributed by atoms with Crippen molar-refractivity contribution in [1.82, 2.24) is 4.98 Å². The maximum absolute atomic E-state index is 12.9. The number of aryl methyl sites for hydroxylation is 1. The van der Waals surface area contributed by atoms with E-state index in [2.05, 4.69) is 4.98 Å². The average molecular weight is 327 g/mol. The van der Waals surface area contributed by atoms with Crippen molar-refractivity contribution in [2.75, 3.05) is 11.9 Å². The van der Waals surface area contributed by atoms with Gasteiger partial charge in [-0.15, -0.1) is 0 Å². The summed E-state index contributed by atoms with van der Waals surface area (Å²) in [4.78, 5) is 17.6. The number of rotatable bonds is 1. The number of amides is 1. The van der Waals surface area contributed by atoms with Gasteiger partial charge in [0.05, 0.1) is 5.69 Å². The van der Waals surface area contributed by atoms with Gasteiger partial charge in [0.25, 0.3) is 5.91 Å². The zero-order chi connectivity index (χ0) is 16.4. The fourth-order valence-corrected chi connectivity index (χ4v) is 3.71. The van der Waals surface area contributed by atoms with Gasteiger partial charge in [0.2, 0.25) is 0 Å². The van der Waals surface area contributed by atoms with Crippen LogP contribution in [0.5, 0.6) is 0 Å². The van der Waals surface area contributed by atoms with E-state index in [0.717, 1.165) is 16.6 Å². The molecular weight excluding hydrogens is 312 g/mol. The Labute approximate surface area is 138 Å². The van der Waals surface area contributed by atoms with Crippen LogP contribution in [0.3, 0.4) is 0 Å². The summed E-state index contributed by atoms with van der Waals surface area (Å²) >= 11 is 6.12. The van der Waals surface area contributed by atoms with Gasteiger partial charge >= 0.3 is 0 Å². The number of hydrogen-bond donors (Lipinski definition) is 2. The number of aromatic amines is 1. The Bertz CT molecular complexity index is 963. The summed E-state index contributed by atoms with van der Waals surface area (Å²) in [6.45, 7) is 1.86. The van der Waals surface area contributed by atoms with Crippen LogP contribution < -0.4 is 4.90 Å². The number of H-pyrrole nitrogens is 1. The summed E-state index contributed by atoms with van der Waals surface area (Å²) in [5.41, 5.74) is 1.70. The van der Waals surface area contributed by atoms with Gasteiger partial charge in [0.1, 0.15) is 0 Å². The van der Waals surface area contributed by atoms with E-state index in [1.165, 1.54) is 4.90 Å². The number of nitrogens with one attached hydrogen (secondary N) is 1. The Hall–Kier alpha value is -2.30. The lowest BCUT2D eigenvalue weighted by molar-refractivity contribution is -0.131. The van der Waals surface area contributed by atoms with E-state index in [1.807, 2.05) is 31.2 Å². The summed E-state index contributed by atoms with van der Waals surface area (Å²) in [5, 5.41) is 12.8. The number of aliphatic hydroxyl groups is 1. The third-order valence-corrected chi connectivity index (χ3v) is 4.81. The third kappa shape index (κ3) is 1.73. The number of likely N-dealkylation sites (N-methyl/N-ethyl adjacent to an activating group) is 1. The summed E-state index contributed by atoms with van der Waals surface area (Å²) in [6.07, 6.45) is 0. The molecule has 2 heterocycles. The maximum atomic E-state index is 12.9. The maximum Gasteiger partial charge on any atom is 0.268 e. The highest BCUT2D eigenvalue weighted by Gasteiger charge is 2.51. The first kappa shape index (κ1) is 14.3. The molecule has 2 N–H and O–H groups in total. The number of para-hydroxylation sites is 1. The van der Waals surface area contributed by atoms with Gasteiger partial charge in [-0.3, -0.25) is 4.79 Å². The number of aromatic nitrogens is 1. The number of carbonyl (C=O) groups is 1. The van der Waals surface area contributed by atoms with E-state index < -0.39 is 5.60 Å². The van der Waals surface area contributed by atoms with Crippen molar-refractivity contribution in [2.24, 2.45) is 0 Å². The molecule has 116 valence electrons. The molecule has 0 radical (unpaired) electrons. The van der Waals surface area contributed by atoms with Crippen LogP contribution in [0.1, 0.15) is 16.8 Å². The van der Waals surface area contributed by atoms with Crippen molar-refractivity contribution in [2.45, 2.75) is 12.5 Å². The van der Waals surface area contributed by atoms with Gasteiger partial charge in [-0.25, -0.2) is 0 Å². The molecule has 5 heteroatoms. The number of hydrogen-bond acceptors (Lipinski definition) is 2. The molecule has 0 saturated heterocycles. The van der Waals surface area contributed by atoms with Crippen molar-refractivity contribution in [3.05, 3.63) is 64.3 Å². The van der Waals surface area contributed by atoms with Crippen LogP contribution >= 0.6 is 11.6 Å². The minimum absolute atomic E-state index is 0.373. The van der Waals surface area contributed by atoms with E-state index >= 15 is 0 Å². The topological polar surface area (TPSA) is 56.3 Å². The fourth-order valence-electron chi connectivity index (χ4n) is 3.54. The highest BCUT2D eigenvalue weighted by atomic mass is 35.5. The molecule has 3 aromatic rings. The van der Waals surface area contributed by atoms with Crippen LogP contribution in [0.2, 0.25) is 5.02 Å². The van der Waals surface area contributed by atoms with Crippen molar-refractivity contribution < 1.29 is 9.90 Å². The first-order chi connectivity index (χ1) is 10.9. The normalized spacial score (nSPS) is 20.3. The predicted octanol–water partition coefficient (Wildman–Crippen LogP) is 3.34. The molecule has 1 atom stereocenters. The minimum Gasteiger partial charge on any atom is -0.372 e. The van der Waals surface area contributed by atoms with Crippen LogP contribution in [0, 0.1) is 6.92 Å². The number of anilines is 1. The fraction of sp³-hybridized carbons (Fsp3) is 0.167. The van der Waals surface area contributed by atoms with Crippen molar-refractivity contribution in [3.8, 4) is 0 Å². The summed E-state index contributed by atoms with van der Waals surface area (Å²) < 4.78 is 0. The van der Waals surface area contributed by atoms with Crippen LogP contribution in [0.15, 0.2) is 42.5 Å². The van der Waals surface area contributed by atoms with Gasteiger partial charge in [-0.05, 0) is 31.2 Å². The second-order valence-electron chi connectivity index (χ2n) is 5.91. The molecule has 0 bridgehead atoms. The van der Waals surface area contributed by atoms with Crippen LogP contribution in [-0.4, -0.2) is 23.0 Å². The van der Waals surface area contributed by atoms with Gasteiger partial charge in [-0.1, -0.05) is 29.8 Å². The van der Waals surface area contributed by atoms with Crippen LogP contribution in [0.25, 0.3) is 10.9 Å². The highest BCUT2D eigenvalue weighted by molar-refractivity contribution is 6.31. The zero-order valence-corrected chi connectivity index (χ0v) is 13.5. The molecule has 1 aromatic heterocycles. The third-order valence-electron chi connectivity index (χ3n) is 4.58. The summed E-state index contributed by atoms with van der Waals surface area (Å²) in [5.74, 6) is -0.373. The second-order valence-corrected chi connectivity index (χ2v) is 6.34. The molecule has 0 saturated carbocycles. The lowest BCUT2D eigenvalue weighted by atomic mass is 9.85. The molecule has 23 heavy (non-hydrogen) atoms. The molecule has 4 rings (SSSR count). The average Bonchev–Trinajstić information content (AvgIpc) is 2.96. The van der Waals surface area contributed by atoms with E-state index in [9.17, 15) is 9.90 Å². The summed E-state index contributed by atoms with van der Waals surface area (Å²) in [7, 11) is 1.66. The number of benzene rings is 2. The Morgan fingerprint density at radius 2 is 1.96 bits per heavy atom. The molecule has 2 aromatic carbocycles. The Kier molecular flexibility index (Phi) is 2.86. The van der Waals surface area contributed by atoms with Crippen LogP contribution in [-0.2, 0) is 10.4 Å². The first-order valence-electron chi connectivity index (χ1n) is 7.33. The van der Waals surface area contributed by atoms with Crippen molar-refractivity contribution in [1.29, 1.82) is 0 Å². The van der Waals surface area contributed by atoms with Gasteiger partial charge in [-0.2, -0.15) is 0 Å². The van der Waals surface area contributed by atoms with Crippen molar-refractivity contribution >= 4 is 34.1 Å². The molecule has 4 nitrogen and oxygen atoms in total. The summed E-state index contributed by atoms with van der Waals surface area (Å²) in [6, 6.07) is 12.8. The Morgan fingerprint density at radius 3 is 2.74 bits per heavy atom. The lowest BCUT2D eigenvalue weighted by Gasteiger charge is -2.23. The Morgan fingerprint density at radius 1 is 1.22 bits per heavy atom.